The first-order valence-corrected chi connectivity index (χ1v) is 9.92. The van der Waals surface area contributed by atoms with E-state index in [0.29, 0.717) is 38.9 Å². The van der Waals surface area contributed by atoms with Crippen LogP contribution in [0.4, 0.5) is 5.69 Å². The molecule has 0 aromatic heterocycles. The topological polar surface area (TPSA) is 90.4 Å². The van der Waals surface area contributed by atoms with E-state index in [-0.39, 0.29) is 18.0 Å². The molecule has 0 aliphatic carbocycles. The minimum atomic E-state index is -0.321. The summed E-state index contributed by atoms with van der Waals surface area (Å²) in [4.78, 5) is 16.1. The van der Waals surface area contributed by atoms with Crippen molar-refractivity contribution in [3.8, 4) is 5.75 Å². The second-order valence-corrected chi connectivity index (χ2v) is 6.81. The minimum Gasteiger partial charge on any atom is -0.491 e. The Morgan fingerprint density at radius 3 is 2.41 bits per heavy atom. The van der Waals surface area contributed by atoms with Crippen LogP contribution < -0.4 is 15.4 Å². The number of ether oxygens (including phenoxy) is 4. The molecule has 29 heavy (non-hydrogen) atoms. The monoisotopic (exact) mass is 409 g/mol. The van der Waals surface area contributed by atoms with Gasteiger partial charge < -0.3 is 29.6 Å². The number of anilines is 1. The van der Waals surface area contributed by atoms with Gasteiger partial charge in [0.05, 0.1) is 38.9 Å². The Hall–Kier alpha value is -2.32. The highest BCUT2D eigenvalue weighted by Gasteiger charge is 2.12. The summed E-state index contributed by atoms with van der Waals surface area (Å²) < 4.78 is 20.8. The van der Waals surface area contributed by atoms with Crippen LogP contribution in [0.1, 0.15) is 27.2 Å². The van der Waals surface area contributed by atoms with E-state index >= 15 is 0 Å². The third-order valence-corrected chi connectivity index (χ3v) is 3.81. The van der Waals surface area contributed by atoms with Crippen molar-refractivity contribution in [3.63, 3.8) is 0 Å². The lowest BCUT2D eigenvalue weighted by atomic mass is 10.2. The van der Waals surface area contributed by atoms with Crippen LogP contribution in [-0.2, 0) is 19.0 Å². The van der Waals surface area contributed by atoms with E-state index in [1.165, 1.54) is 7.11 Å². The lowest BCUT2D eigenvalue weighted by Gasteiger charge is -2.15. The molecule has 1 aromatic rings. The molecule has 1 aromatic carbocycles. The summed E-state index contributed by atoms with van der Waals surface area (Å²) >= 11 is 0. The molecule has 1 rings (SSSR count). The number of nitrogens with zero attached hydrogens (tertiary/aromatic N) is 1. The summed E-state index contributed by atoms with van der Waals surface area (Å²) in [6.45, 7) is 8.56. The fourth-order valence-electron chi connectivity index (χ4n) is 2.29. The first-order valence-electron chi connectivity index (χ1n) is 9.92. The van der Waals surface area contributed by atoms with Crippen molar-refractivity contribution < 1.29 is 23.7 Å². The average Bonchev–Trinajstić information content (AvgIpc) is 2.71. The molecule has 1 atom stereocenters. The summed E-state index contributed by atoms with van der Waals surface area (Å²) in [5.41, 5.74) is 0.870. The molecule has 0 bridgehead atoms. The number of hydrogen-bond donors (Lipinski definition) is 2. The van der Waals surface area contributed by atoms with E-state index in [9.17, 15) is 4.79 Å². The molecule has 0 aliphatic rings. The fourth-order valence-corrected chi connectivity index (χ4v) is 2.29. The van der Waals surface area contributed by atoms with Gasteiger partial charge in [-0.05, 0) is 44.5 Å². The Labute approximate surface area is 174 Å². The number of aliphatic imine (C=N–C) groups is 1. The SMILES string of the molecule is COCCOCCCNC(=NCC(C)C(=O)OC)Nc1ccc(OC(C)C)cc1. The predicted molar refractivity (Wildman–Crippen MR) is 115 cm³/mol. The number of rotatable bonds is 13. The van der Waals surface area contributed by atoms with E-state index in [1.54, 1.807) is 14.0 Å². The van der Waals surface area contributed by atoms with Crippen LogP contribution in [0.15, 0.2) is 29.3 Å². The van der Waals surface area contributed by atoms with Crippen LogP contribution in [0.3, 0.4) is 0 Å². The van der Waals surface area contributed by atoms with Crippen LogP contribution in [-0.4, -0.2) is 65.2 Å². The number of hydrogen-bond acceptors (Lipinski definition) is 6. The number of methoxy groups -OCH3 is 2. The van der Waals surface area contributed by atoms with E-state index in [4.69, 9.17) is 18.9 Å². The summed E-state index contributed by atoms with van der Waals surface area (Å²) in [6, 6.07) is 7.65. The van der Waals surface area contributed by atoms with Crippen LogP contribution in [0.5, 0.6) is 5.75 Å². The Morgan fingerprint density at radius 1 is 1.07 bits per heavy atom. The number of nitrogens with one attached hydrogen (secondary N) is 2. The third-order valence-electron chi connectivity index (χ3n) is 3.81. The Balaban J connectivity index is 2.62. The maximum atomic E-state index is 11.6. The van der Waals surface area contributed by atoms with Crippen LogP contribution in [0.2, 0.25) is 0 Å². The van der Waals surface area contributed by atoms with Gasteiger partial charge in [0, 0.05) is 25.9 Å². The van der Waals surface area contributed by atoms with Gasteiger partial charge in [-0.3, -0.25) is 9.79 Å². The molecule has 0 heterocycles. The second-order valence-electron chi connectivity index (χ2n) is 6.81. The largest absolute Gasteiger partial charge is 0.491 e. The maximum Gasteiger partial charge on any atom is 0.310 e. The molecule has 0 saturated heterocycles. The molecule has 2 N–H and O–H groups in total. The second kappa shape index (κ2) is 14.6. The molecule has 0 fully saturated rings. The number of benzene rings is 1. The van der Waals surface area contributed by atoms with Crippen LogP contribution in [0.25, 0.3) is 0 Å². The zero-order chi connectivity index (χ0) is 21.5. The van der Waals surface area contributed by atoms with Crippen molar-refractivity contribution in [3.05, 3.63) is 24.3 Å². The summed E-state index contributed by atoms with van der Waals surface area (Å²) in [7, 11) is 3.03. The third kappa shape index (κ3) is 11.3. The molecule has 0 saturated carbocycles. The van der Waals surface area contributed by atoms with Gasteiger partial charge in [0.15, 0.2) is 5.96 Å². The fraction of sp³-hybridized carbons (Fsp3) is 0.619. The molecular formula is C21H35N3O5. The lowest BCUT2D eigenvalue weighted by molar-refractivity contribution is -0.144. The zero-order valence-electron chi connectivity index (χ0n) is 18.2. The van der Waals surface area contributed by atoms with Crippen LogP contribution in [0, 0.1) is 5.92 Å². The van der Waals surface area contributed by atoms with Gasteiger partial charge in [0.1, 0.15) is 5.75 Å². The van der Waals surface area contributed by atoms with E-state index < -0.39 is 0 Å². The summed E-state index contributed by atoms with van der Waals surface area (Å²) in [5, 5.41) is 6.52. The lowest BCUT2D eigenvalue weighted by Crippen LogP contribution is -2.33. The maximum absolute atomic E-state index is 11.6. The van der Waals surface area contributed by atoms with Crippen molar-refractivity contribution in [2.75, 3.05) is 52.4 Å². The molecule has 8 nitrogen and oxygen atoms in total. The van der Waals surface area contributed by atoms with Gasteiger partial charge in [-0.25, -0.2) is 0 Å². The van der Waals surface area contributed by atoms with Crippen LogP contribution >= 0.6 is 0 Å². The van der Waals surface area contributed by atoms with Crippen molar-refractivity contribution >= 4 is 17.6 Å². The molecule has 0 aliphatic heterocycles. The standard InChI is InChI=1S/C21H35N3O5/c1-16(2)29-19-9-7-18(8-10-19)24-21(23-15-17(3)20(25)27-5)22-11-6-12-28-14-13-26-4/h7-10,16-17H,6,11-15H2,1-5H3,(H2,22,23,24). The smallest absolute Gasteiger partial charge is 0.310 e. The molecule has 1 unspecified atom stereocenters. The van der Waals surface area contributed by atoms with Crippen molar-refractivity contribution in [1.82, 2.24) is 5.32 Å². The zero-order valence-corrected chi connectivity index (χ0v) is 18.2. The highest BCUT2D eigenvalue weighted by atomic mass is 16.5. The quantitative estimate of drug-likeness (QED) is 0.224. The van der Waals surface area contributed by atoms with E-state index in [1.807, 2.05) is 38.1 Å². The highest BCUT2D eigenvalue weighted by molar-refractivity contribution is 5.93. The van der Waals surface area contributed by atoms with Crippen molar-refractivity contribution in [1.29, 1.82) is 0 Å². The number of carbonyl (C=O) groups excluding carboxylic acids is 1. The Kier molecular flexibility index (Phi) is 12.5. The van der Waals surface area contributed by atoms with Crippen molar-refractivity contribution in [2.24, 2.45) is 10.9 Å². The van der Waals surface area contributed by atoms with Gasteiger partial charge in [0.2, 0.25) is 0 Å². The average molecular weight is 410 g/mol. The predicted octanol–water partition coefficient (Wildman–Crippen LogP) is 2.69. The number of guanidine groups is 1. The first-order chi connectivity index (χ1) is 14.0. The van der Waals surface area contributed by atoms with Gasteiger partial charge in [-0.15, -0.1) is 0 Å². The molecular weight excluding hydrogens is 374 g/mol. The number of carbonyl (C=O) groups is 1. The molecule has 8 heteroatoms. The summed E-state index contributed by atoms with van der Waals surface area (Å²) in [5.74, 6) is 0.798. The van der Waals surface area contributed by atoms with Gasteiger partial charge in [0.25, 0.3) is 0 Å². The molecule has 164 valence electrons. The molecule has 0 radical (unpaired) electrons. The first kappa shape index (κ1) is 24.7. The Bertz CT molecular complexity index is 605. The minimum absolute atomic E-state index is 0.124. The Morgan fingerprint density at radius 2 is 1.79 bits per heavy atom. The van der Waals surface area contributed by atoms with Gasteiger partial charge >= 0.3 is 5.97 Å². The van der Waals surface area contributed by atoms with Crippen molar-refractivity contribution in [2.45, 2.75) is 33.3 Å². The van der Waals surface area contributed by atoms with Gasteiger partial charge in [-0.1, -0.05) is 6.92 Å². The number of esters is 1. The highest BCUT2D eigenvalue weighted by Crippen LogP contribution is 2.16. The summed E-state index contributed by atoms with van der Waals surface area (Å²) in [6.07, 6.45) is 0.941. The van der Waals surface area contributed by atoms with E-state index in [2.05, 4.69) is 15.6 Å². The van der Waals surface area contributed by atoms with E-state index in [0.717, 1.165) is 17.9 Å². The molecule has 0 spiro atoms. The normalized spacial score (nSPS) is 12.6. The molecule has 0 amide bonds. The van der Waals surface area contributed by atoms with Gasteiger partial charge in [-0.2, -0.15) is 0 Å².